The van der Waals surface area contributed by atoms with E-state index in [0.29, 0.717) is 0 Å². The van der Waals surface area contributed by atoms with Crippen molar-refractivity contribution in [3.05, 3.63) is 140 Å². The summed E-state index contributed by atoms with van der Waals surface area (Å²) in [6.45, 7) is 27.8. The summed E-state index contributed by atoms with van der Waals surface area (Å²) in [5.74, 6) is 0. The third kappa shape index (κ3) is 7.93. The molecule has 0 saturated carbocycles. The molecule has 0 N–H and O–H groups in total. The van der Waals surface area contributed by atoms with Crippen molar-refractivity contribution >= 4 is 22.3 Å². The SMILES string of the molecule is CCC/C=C1/C(=C/CCC)c2c(C)cc(cc2C)-c2cc(C)c(c(C)c2)C(=C\CCC)/C(=C/CCC)c2c(C)cc(cc2C)-c2cc(C)c1c(C)c2. The summed E-state index contributed by atoms with van der Waals surface area (Å²) in [5.41, 5.74) is 27.1. The van der Waals surface area contributed by atoms with E-state index in [4.69, 9.17) is 0 Å². The average Bonchev–Trinajstić information content (AvgIpc) is 3.09. The molecule has 0 nitrogen and oxygen atoms in total. The molecule has 8 bridgehead atoms. The Balaban J connectivity index is 1.94. The summed E-state index contributed by atoms with van der Waals surface area (Å²) in [5, 5.41) is 0. The van der Waals surface area contributed by atoms with Gasteiger partial charge in [0.05, 0.1) is 0 Å². The molecule has 272 valence electrons. The van der Waals surface area contributed by atoms with Crippen LogP contribution in [-0.4, -0.2) is 0 Å². The highest BCUT2D eigenvalue weighted by Gasteiger charge is 2.23. The van der Waals surface area contributed by atoms with Crippen LogP contribution in [0, 0.1) is 55.4 Å². The van der Waals surface area contributed by atoms with E-state index >= 15 is 0 Å². The molecule has 0 amide bonds. The highest BCUT2D eigenvalue weighted by atomic mass is 14.3. The Morgan fingerprint density at radius 3 is 0.577 bits per heavy atom. The molecule has 11 rings (SSSR count). The van der Waals surface area contributed by atoms with E-state index in [2.05, 4.69) is 156 Å². The van der Waals surface area contributed by atoms with Crippen LogP contribution in [-0.2, 0) is 0 Å². The molecule has 0 spiro atoms. The predicted octanol–water partition coefficient (Wildman–Crippen LogP) is 15.9. The molecule has 52 heavy (non-hydrogen) atoms. The highest BCUT2D eigenvalue weighted by Crippen LogP contribution is 2.44. The Hall–Kier alpha value is -4.16. The lowest BCUT2D eigenvalue weighted by molar-refractivity contribution is 0.955. The molecule has 0 saturated heterocycles. The lowest BCUT2D eigenvalue weighted by Crippen LogP contribution is -2.04. The monoisotopic (exact) mass is 689 g/mol. The van der Waals surface area contributed by atoms with E-state index in [-0.39, 0.29) is 0 Å². The molecular formula is C52H64. The molecule has 0 fully saturated rings. The molecule has 0 radical (unpaired) electrons. The fourth-order valence-electron chi connectivity index (χ4n) is 8.76. The maximum Gasteiger partial charge on any atom is -0.0122 e. The molecular weight excluding hydrogens is 625 g/mol. The zero-order chi connectivity index (χ0) is 37.7. The molecule has 0 atom stereocenters. The number of aryl methyl sites for hydroxylation is 8. The lowest BCUT2D eigenvalue weighted by atomic mass is 9.79. The number of unbranched alkanes of at least 4 members (excludes halogenated alkanes) is 4. The van der Waals surface area contributed by atoms with Crippen molar-refractivity contribution < 1.29 is 0 Å². The third-order valence-corrected chi connectivity index (χ3v) is 11.0. The lowest BCUT2D eigenvalue weighted by Gasteiger charge is -2.25. The molecule has 0 aromatic heterocycles. The summed E-state index contributed by atoms with van der Waals surface area (Å²) in [6.07, 6.45) is 18.8. The van der Waals surface area contributed by atoms with Crippen molar-refractivity contribution in [2.24, 2.45) is 0 Å². The van der Waals surface area contributed by atoms with Gasteiger partial charge in [-0.05, 0) is 192 Å². The standard InChI is InChI=1S/C52H64/c1-13-17-21-45-46(22-18-14-2)50-35(7)27-42(28-36(50)8)44-31-39(11)52(40(12)32-44)48(24-20-16-4)47(23-19-15-3)51-37(9)29-43(30-38(51)10)41-25-33(5)49(45)34(6)26-41/h21-32H,13-20H2,1-12H3/b45-21-,46-22-,47-23-,48-24-. The summed E-state index contributed by atoms with van der Waals surface area (Å²) >= 11 is 0. The minimum absolute atomic E-state index is 1.06. The molecule has 0 unspecified atom stereocenters. The fraction of sp³-hybridized carbons (Fsp3) is 0.385. The number of rotatable bonds is 8. The van der Waals surface area contributed by atoms with Crippen LogP contribution in [0.3, 0.4) is 0 Å². The van der Waals surface area contributed by atoms with Gasteiger partial charge in [0.2, 0.25) is 0 Å². The number of hydrogen-bond donors (Lipinski definition) is 0. The number of hydrogen-bond acceptors (Lipinski definition) is 0. The van der Waals surface area contributed by atoms with E-state index in [1.807, 2.05) is 0 Å². The van der Waals surface area contributed by atoms with Gasteiger partial charge in [-0.2, -0.15) is 0 Å². The number of allylic oxidation sites excluding steroid dienone is 8. The van der Waals surface area contributed by atoms with Crippen LogP contribution in [0.4, 0.5) is 0 Å². The number of benzene rings is 4. The average molecular weight is 689 g/mol. The van der Waals surface area contributed by atoms with Crippen molar-refractivity contribution in [3.8, 4) is 22.3 Å². The Morgan fingerprint density at radius 1 is 0.288 bits per heavy atom. The van der Waals surface area contributed by atoms with Crippen LogP contribution in [0.5, 0.6) is 0 Å². The Bertz CT molecular complexity index is 1690. The Morgan fingerprint density at radius 2 is 0.442 bits per heavy atom. The van der Waals surface area contributed by atoms with Crippen molar-refractivity contribution in [2.45, 2.75) is 134 Å². The molecule has 7 aliphatic rings. The fourth-order valence-corrected chi connectivity index (χ4v) is 8.76. The van der Waals surface area contributed by atoms with Gasteiger partial charge in [-0.1, -0.05) is 126 Å². The third-order valence-electron chi connectivity index (χ3n) is 11.0. The van der Waals surface area contributed by atoms with Gasteiger partial charge in [-0.3, -0.25) is 0 Å². The van der Waals surface area contributed by atoms with Crippen LogP contribution in [0.25, 0.3) is 44.5 Å². The first-order chi connectivity index (χ1) is 24.9. The van der Waals surface area contributed by atoms with Gasteiger partial charge < -0.3 is 0 Å². The minimum atomic E-state index is 1.06. The van der Waals surface area contributed by atoms with Crippen LogP contribution >= 0.6 is 0 Å². The molecule has 0 aliphatic heterocycles. The normalized spacial score (nSPS) is 16.1. The van der Waals surface area contributed by atoms with Crippen molar-refractivity contribution in [3.63, 3.8) is 0 Å². The van der Waals surface area contributed by atoms with E-state index in [1.165, 1.54) is 111 Å². The second kappa shape index (κ2) is 17.1. The second-order valence-electron chi connectivity index (χ2n) is 15.6. The molecule has 0 heterocycles. The molecule has 4 aromatic carbocycles. The predicted molar refractivity (Wildman–Crippen MR) is 233 cm³/mol. The Labute approximate surface area is 317 Å². The van der Waals surface area contributed by atoms with Crippen molar-refractivity contribution in [1.29, 1.82) is 0 Å². The smallest absolute Gasteiger partial charge is 0.0122 e. The maximum atomic E-state index is 2.53. The summed E-state index contributed by atoms with van der Waals surface area (Å²) in [4.78, 5) is 0. The first-order valence-corrected chi connectivity index (χ1v) is 20.2. The van der Waals surface area contributed by atoms with Gasteiger partial charge >= 0.3 is 0 Å². The first-order valence-electron chi connectivity index (χ1n) is 20.2. The first kappa shape index (κ1) is 39.1. The molecule has 4 aromatic rings. The largest absolute Gasteiger partial charge is 0.0760 e. The van der Waals surface area contributed by atoms with E-state index in [1.54, 1.807) is 0 Å². The summed E-state index contributed by atoms with van der Waals surface area (Å²) in [6, 6.07) is 19.6. The molecule has 7 aliphatic carbocycles. The van der Waals surface area contributed by atoms with Gasteiger partial charge in [-0.25, -0.2) is 0 Å². The van der Waals surface area contributed by atoms with Crippen LogP contribution in [0.15, 0.2) is 72.8 Å². The van der Waals surface area contributed by atoms with Gasteiger partial charge in [0, 0.05) is 0 Å². The van der Waals surface area contributed by atoms with E-state index in [0.717, 1.165) is 51.4 Å². The van der Waals surface area contributed by atoms with E-state index < -0.39 is 0 Å². The zero-order valence-corrected chi connectivity index (χ0v) is 34.6. The maximum absolute atomic E-state index is 2.53. The minimum Gasteiger partial charge on any atom is -0.0760 e. The highest BCUT2D eigenvalue weighted by molar-refractivity contribution is 6.09. The van der Waals surface area contributed by atoms with Gasteiger partial charge in [0.25, 0.3) is 0 Å². The topological polar surface area (TPSA) is 0 Å². The van der Waals surface area contributed by atoms with Crippen LogP contribution < -0.4 is 0 Å². The summed E-state index contributed by atoms with van der Waals surface area (Å²) in [7, 11) is 0. The van der Waals surface area contributed by atoms with Crippen LogP contribution in [0.1, 0.15) is 146 Å². The summed E-state index contributed by atoms with van der Waals surface area (Å²) < 4.78 is 0. The van der Waals surface area contributed by atoms with Gasteiger partial charge in [0.1, 0.15) is 0 Å². The van der Waals surface area contributed by atoms with Gasteiger partial charge in [0.15, 0.2) is 0 Å². The van der Waals surface area contributed by atoms with Crippen LogP contribution in [0.2, 0.25) is 0 Å². The van der Waals surface area contributed by atoms with Crippen molar-refractivity contribution in [2.75, 3.05) is 0 Å². The van der Waals surface area contributed by atoms with Gasteiger partial charge in [-0.15, -0.1) is 0 Å². The zero-order valence-electron chi connectivity index (χ0n) is 34.6. The quantitative estimate of drug-likeness (QED) is 0.173. The second-order valence-corrected chi connectivity index (χ2v) is 15.6. The van der Waals surface area contributed by atoms with E-state index in [9.17, 15) is 0 Å². The molecule has 0 heteroatoms. The van der Waals surface area contributed by atoms with Crippen molar-refractivity contribution in [1.82, 2.24) is 0 Å². The Kier molecular flexibility index (Phi) is 12.9.